The highest BCUT2D eigenvalue weighted by atomic mass is 32.2. The largest absolute Gasteiger partial charge is 0.384 e. The molecular formula is C19H35N5O4S2. The van der Waals surface area contributed by atoms with Crippen LogP contribution in [0.2, 0.25) is 0 Å². The zero-order valence-corrected chi connectivity index (χ0v) is 19.7. The lowest BCUT2D eigenvalue weighted by molar-refractivity contribution is -0.00863. The van der Waals surface area contributed by atoms with E-state index in [0.717, 1.165) is 6.42 Å². The van der Waals surface area contributed by atoms with Gasteiger partial charge >= 0.3 is 0 Å². The molecule has 1 heterocycles. The SMILES string of the molecule is COC1CC(C)C(S(=O)ONC(N)=NCCCC(N)C(O)c2nccs2)C(C)C1C. The number of ether oxygens (including phenoxy) is 1. The van der Waals surface area contributed by atoms with E-state index < -0.39 is 23.2 Å². The second kappa shape index (κ2) is 12.1. The number of aliphatic hydroxyl groups is 1. The number of hydrogen-bond donors (Lipinski definition) is 4. The molecule has 0 aromatic carbocycles. The summed E-state index contributed by atoms with van der Waals surface area (Å²) in [5, 5.41) is 12.4. The normalized spacial score (nSPS) is 30.6. The number of aliphatic imine (C=N–C) groups is 1. The minimum absolute atomic E-state index is 0.0660. The average Bonchev–Trinajstić information content (AvgIpc) is 3.26. The minimum Gasteiger partial charge on any atom is -0.384 e. The van der Waals surface area contributed by atoms with E-state index in [1.54, 1.807) is 18.7 Å². The molecule has 1 aliphatic rings. The Hall–Kier alpha value is -1.11. The van der Waals surface area contributed by atoms with Gasteiger partial charge in [0.25, 0.3) is 0 Å². The van der Waals surface area contributed by atoms with Gasteiger partial charge in [0.15, 0.2) is 11.1 Å². The van der Waals surface area contributed by atoms with Gasteiger partial charge in [0, 0.05) is 31.3 Å². The molecule has 1 aromatic heterocycles. The Labute approximate surface area is 185 Å². The van der Waals surface area contributed by atoms with Crippen LogP contribution in [0, 0.1) is 17.8 Å². The molecule has 8 unspecified atom stereocenters. The summed E-state index contributed by atoms with van der Waals surface area (Å²) in [6.07, 6.45) is 3.08. The van der Waals surface area contributed by atoms with Gasteiger partial charge in [-0.1, -0.05) is 20.8 Å². The summed E-state index contributed by atoms with van der Waals surface area (Å²) in [7, 11) is 1.72. The van der Waals surface area contributed by atoms with Gasteiger partial charge in [0.1, 0.15) is 11.1 Å². The summed E-state index contributed by atoms with van der Waals surface area (Å²) >= 11 is -0.174. The zero-order valence-electron chi connectivity index (χ0n) is 18.1. The average molecular weight is 462 g/mol. The smallest absolute Gasteiger partial charge is 0.214 e. The molecule has 0 saturated heterocycles. The molecule has 0 bridgehead atoms. The third kappa shape index (κ3) is 6.69. The van der Waals surface area contributed by atoms with Crippen LogP contribution in [-0.2, 0) is 20.1 Å². The van der Waals surface area contributed by atoms with E-state index in [4.69, 9.17) is 20.5 Å². The first-order chi connectivity index (χ1) is 14.3. The quantitative estimate of drug-likeness (QED) is 0.177. The predicted octanol–water partition coefficient (Wildman–Crippen LogP) is 1.48. The Morgan fingerprint density at radius 2 is 2.20 bits per heavy atom. The molecule has 2 rings (SSSR count). The van der Waals surface area contributed by atoms with E-state index in [-0.39, 0.29) is 29.1 Å². The van der Waals surface area contributed by atoms with E-state index in [1.807, 2.05) is 0 Å². The molecule has 172 valence electrons. The molecule has 0 aliphatic heterocycles. The van der Waals surface area contributed by atoms with Gasteiger partial charge in [0.2, 0.25) is 5.96 Å². The topological polar surface area (TPSA) is 145 Å². The van der Waals surface area contributed by atoms with Crippen LogP contribution in [0.3, 0.4) is 0 Å². The maximum Gasteiger partial charge on any atom is 0.214 e. The number of hydroxylamine groups is 1. The van der Waals surface area contributed by atoms with E-state index in [9.17, 15) is 9.32 Å². The van der Waals surface area contributed by atoms with E-state index in [2.05, 4.69) is 36.2 Å². The van der Waals surface area contributed by atoms with Crippen molar-refractivity contribution in [2.24, 2.45) is 34.2 Å². The van der Waals surface area contributed by atoms with Crippen LogP contribution < -0.4 is 16.9 Å². The molecule has 0 spiro atoms. The van der Waals surface area contributed by atoms with Gasteiger partial charge in [-0.2, -0.15) is 4.28 Å². The standard InChI is InChI=1S/C19H35N5O4S2/c1-11-10-15(27-4)12(2)13(3)17(11)30(26)28-24-19(21)23-7-5-6-14(20)16(25)18-22-8-9-29-18/h8-9,11-17,25H,5-7,10,20H2,1-4H3,(H3,21,23,24). The number of guanidine groups is 1. The number of nitrogens with two attached hydrogens (primary N) is 2. The van der Waals surface area contributed by atoms with Crippen LogP contribution in [0.25, 0.3) is 0 Å². The Morgan fingerprint density at radius 3 is 2.83 bits per heavy atom. The summed E-state index contributed by atoms with van der Waals surface area (Å²) in [4.78, 5) is 8.24. The van der Waals surface area contributed by atoms with Crippen molar-refractivity contribution < 1.29 is 18.3 Å². The van der Waals surface area contributed by atoms with Crippen molar-refractivity contribution in [3.05, 3.63) is 16.6 Å². The first-order valence-corrected chi connectivity index (χ1v) is 12.3. The van der Waals surface area contributed by atoms with E-state index in [1.165, 1.54) is 11.3 Å². The van der Waals surface area contributed by atoms with Crippen LogP contribution in [0.1, 0.15) is 51.1 Å². The third-order valence-corrected chi connectivity index (χ3v) is 8.37. The number of nitrogens with zero attached hydrogens (tertiary/aromatic N) is 2. The fraction of sp³-hybridized carbons (Fsp3) is 0.789. The second-order valence-corrected chi connectivity index (χ2v) is 10.2. The monoisotopic (exact) mass is 461 g/mol. The Kier molecular flexibility index (Phi) is 10.1. The van der Waals surface area contributed by atoms with Gasteiger partial charge in [-0.25, -0.2) is 14.7 Å². The molecule has 8 atom stereocenters. The minimum atomic E-state index is -1.55. The van der Waals surface area contributed by atoms with Crippen LogP contribution >= 0.6 is 11.3 Å². The summed E-state index contributed by atoms with van der Waals surface area (Å²) in [6.45, 7) is 6.68. The third-order valence-electron chi connectivity index (χ3n) is 5.94. The summed E-state index contributed by atoms with van der Waals surface area (Å²) in [6, 6.07) is -0.420. The molecule has 9 nitrogen and oxygen atoms in total. The number of rotatable bonds is 10. The number of methoxy groups -OCH3 is 1. The lowest BCUT2D eigenvalue weighted by atomic mass is 9.74. The van der Waals surface area contributed by atoms with Gasteiger partial charge in [-0.15, -0.1) is 11.3 Å². The number of aliphatic hydroxyl groups excluding tert-OH is 1. The Bertz CT molecular complexity index is 690. The molecule has 6 N–H and O–H groups in total. The highest BCUT2D eigenvalue weighted by Crippen LogP contribution is 2.38. The van der Waals surface area contributed by atoms with Gasteiger partial charge in [-0.05, 0) is 37.0 Å². The van der Waals surface area contributed by atoms with Crippen molar-refractivity contribution in [3.63, 3.8) is 0 Å². The fourth-order valence-corrected chi connectivity index (χ4v) is 6.03. The molecular weight excluding hydrogens is 426 g/mol. The second-order valence-electron chi connectivity index (χ2n) is 8.00. The Balaban J connectivity index is 1.73. The maximum atomic E-state index is 12.7. The van der Waals surface area contributed by atoms with Crippen LogP contribution in [0.5, 0.6) is 0 Å². The number of thiazole rings is 1. The molecule has 0 amide bonds. The number of nitrogens with one attached hydrogen (secondary N) is 1. The van der Waals surface area contributed by atoms with Crippen molar-refractivity contribution in [2.75, 3.05) is 13.7 Å². The summed E-state index contributed by atoms with van der Waals surface area (Å²) in [5.41, 5.74) is 14.3. The molecule has 1 aliphatic carbocycles. The predicted molar refractivity (Wildman–Crippen MR) is 120 cm³/mol. The first-order valence-electron chi connectivity index (χ1n) is 10.3. The van der Waals surface area contributed by atoms with Crippen molar-refractivity contribution >= 4 is 28.4 Å². The molecule has 1 aromatic rings. The van der Waals surface area contributed by atoms with Crippen LogP contribution in [-0.4, -0.2) is 51.3 Å². The molecule has 1 fully saturated rings. The van der Waals surface area contributed by atoms with Gasteiger partial charge in [0.05, 0.1) is 11.4 Å². The number of hydrogen-bond acceptors (Lipinski definition) is 8. The van der Waals surface area contributed by atoms with Gasteiger partial charge < -0.3 is 21.3 Å². The van der Waals surface area contributed by atoms with E-state index >= 15 is 0 Å². The first kappa shape index (κ1) is 25.2. The Morgan fingerprint density at radius 1 is 1.47 bits per heavy atom. The highest BCUT2D eigenvalue weighted by molar-refractivity contribution is 7.80. The molecule has 0 radical (unpaired) electrons. The molecule has 1 saturated carbocycles. The zero-order chi connectivity index (χ0) is 22.3. The van der Waals surface area contributed by atoms with Crippen molar-refractivity contribution in [2.45, 2.75) is 63.5 Å². The summed E-state index contributed by atoms with van der Waals surface area (Å²) < 4.78 is 23.6. The lowest BCUT2D eigenvalue weighted by Gasteiger charge is -2.41. The van der Waals surface area contributed by atoms with Gasteiger partial charge in [-0.3, -0.25) is 4.99 Å². The summed E-state index contributed by atoms with van der Waals surface area (Å²) in [5.74, 6) is 0.743. The number of aromatic nitrogens is 1. The highest BCUT2D eigenvalue weighted by Gasteiger charge is 2.42. The van der Waals surface area contributed by atoms with Crippen molar-refractivity contribution in [1.82, 2.24) is 10.5 Å². The molecule has 30 heavy (non-hydrogen) atoms. The molecule has 11 heteroatoms. The van der Waals surface area contributed by atoms with Crippen LogP contribution in [0.15, 0.2) is 16.6 Å². The van der Waals surface area contributed by atoms with Crippen molar-refractivity contribution in [3.8, 4) is 0 Å². The van der Waals surface area contributed by atoms with Crippen molar-refractivity contribution in [1.29, 1.82) is 0 Å². The fourth-order valence-electron chi connectivity index (χ4n) is 3.97. The van der Waals surface area contributed by atoms with Crippen LogP contribution in [0.4, 0.5) is 0 Å². The van der Waals surface area contributed by atoms with E-state index in [0.29, 0.717) is 30.3 Å². The lowest BCUT2D eigenvalue weighted by Crippen LogP contribution is -2.47. The maximum absolute atomic E-state index is 12.7.